The van der Waals surface area contributed by atoms with E-state index < -0.39 is 5.79 Å². The normalized spacial score (nSPS) is 33.0. The standard InChI is InChI=1S/C33H32O3/c1-32(2)35-31-29-26(22-34)20-24(15-10-9-14-23-12-5-3-6-13-23)21-28(25-16-7-4-8-17-25)27-18-11-19-33(31,36-32)30(27)29/h3-9,12-14,16-17,20-21,27-28,31,34H,11,18-19,22H2,1-2H3/b14-9+,24-21-,26-20-/t27?,28-,31+,33+/m0/s1. The van der Waals surface area contributed by atoms with Crippen molar-refractivity contribution in [3.05, 3.63) is 112 Å². The molecule has 4 atom stereocenters. The molecule has 3 aliphatic carbocycles. The maximum atomic E-state index is 10.5. The van der Waals surface area contributed by atoms with Gasteiger partial charge in [0.1, 0.15) is 11.7 Å². The van der Waals surface area contributed by atoms with Gasteiger partial charge < -0.3 is 14.6 Å². The molecule has 1 saturated heterocycles. The first-order chi connectivity index (χ1) is 17.5. The Kier molecular flexibility index (Phi) is 5.85. The van der Waals surface area contributed by atoms with Gasteiger partial charge in [0.05, 0.1) is 6.61 Å². The fourth-order valence-electron chi connectivity index (χ4n) is 6.60. The largest absolute Gasteiger partial charge is 0.392 e. The summed E-state index contributed by atoms with van der Waals surface area (Å²) in [7, 11) is 0. The summed E-state index contributed by atoms with van der Waals surface area (Å²) in [5, 5.41) is 10.5. The molecule has 4 aliphatic rings. The monoisotopic (exact) mass is 476 g/mol. The molecule has 182 valence electrons. The highest BCUT2D eigenvalue weighted by atomic mass is 16.8. The van der Waals surface area contributed by atoms with Gasteiger partial charge in [-0.1, -0.05) is 78.6 Å². The minimum Gasteiger partial charge on any atom is -0.392 e. The Balaban J connectivity index is 1.46. The zero-order valence-electron chi connectivity index (χ0n) is 20.9. The van der Waals surface area contributed by atoms with E-state index in [1.807, 2.05) is 44.2 Å². The van der Waals surface area contributed by atoms with E-state index >= 15 is 0 Å². The highest BCUT2D eigenvalue weighted by molar-refractivity contribution is 5.63. The number of benzene rings is 2. The minimum absolute atomic E-state index is 0.0448. The number of aliphatic hydroxyl groups is 1. The summed E-state index contributed by atoms with van der Waals surface area (Å²) >= 11 is 0. The van der Waals surface area contributed by atoms with Gasteiger partial charge in [0.15, 0.2) is 5.79 Å². The quantitative estimate of drug-likeness (QED) is 0.525. The molecule has 0 radical (unpaired) electrons. The molecule has 3 nitrogen and oxygen atoms in total. The Hall–Kier alpha value is -3.16. The van der Waals surface area contributed by atoms with Crippen molar-refractivity contribution < 1.29 is 14.6 Å². The van der Waals surface area contributed by atoms with E-state index in [0.29, 0.717) is 0 Å². The van der Waals surface area contributed by atoms with E-state index in [2.05, 4.69) is 66.5 Å². The second-order valence-electron chi connectivity index (χ2n) is 10.6. The Labute approximate surface area is 213 Å². The SMILES string of the molecule is CC1(C)O[C@@H]2C3=C4C(CCC[C@@]42O1)[C@H](c1ccccc1)/C=C(C#C/C=C/c1ccccc1)\C=C/3CO. The van der Waals surface area contributed by atoms with Gasteiger partial charge in [0, 0.05) is 11.5 Å². The molecular weight excluding hydrogens is 444 g/mol. The number of aliphatic hydroxyl groups excluding tert-OH is 1. The lowest BCUT2D eigenvalue weighted by atomic mass is 9.54. The molecule has 3 heteroatoms. The van der Waals surface area contributed by atoms with Gasteiger partial charge in [-0.3, -0.25) is 0 Å². The third kappa shape index (κ3) is 3.91. The maximum absolute atomic E-state index is 10.5. The molecule has 2 fully saturated rings. The van der Waals surface area contributed by atoms with Crippen LogP contribution in [0.15, 0.2) is 101 Å². The van der Waals surface area contributed by atoms with Gasteiger partial charge in [0.25, 0.3) is 0 Å². The second-order valence-corrected chi connectivity index (χ2v) is 10.6. The molecule has 0 amide bonds. The Morgan fingerprint density at radius 3 is 2.56 bits per heavy atom. The number of fused-ring (bicyclic) bond motifs is 1. The fraction of sp³-hybridized carbons (Fsp3) is 0.333. The first-order valence-corrected chi connectivity index (χ1v) is 12.9. The number of hydrogen-bond donors (Lipinski definition) is 1. The summed E-state index contributed by atoms with van der Waals surface area (Å²) in [6, 6.07) is 20.9. The maximum Gasteiger partial charge on any atom is 0.165 e. The molecule has 1 spiro atoms. The van der Waals surface area contributed by atoms with Crippen LogP contribution >= 0.6 is 0 Å². The van der Waals surface area contributed by atoms with Crippen molar-refractivity contribution in [2.45, 2.75) is 56.5 Å². The third-order valence-electron chi connectivity index (χ3n) is 7.89. The Bertz CT molecular complexity index is 1330. The summed E-state index contributed by atoms with van der Waals surface area (Å²) in [5.74, 6) is 6.43. The summed E-state index contributed by atoms with van der Waals surface area (Å²) in [6.45, 7) is 3.96. The van der Waals surface area contributed by atoms with Crippen LogP contribution in [0.2, 0.25) is 0 Å². The van der Waals surface area contributed by atoms with Crippen molar-refractivity contribution in [1.82, 2.24) is 0 Å². The van der Waals surface area contributed by atoms with Gasteiger partial charge in [0.2, 0.25) is 0 Å². The molecule has 1 heterocycles. The molecule has 6 rings (SSSR count). The van der Waals surface area contributed by atoms with Crippen molar-refractivity contribution in [1.29, 1.82) is 0 Å². The van der Waals surface area contributed by atoms with Crippen LogP contribution in [0.3, 0.4) is 0 Å². The lowest BCUT2D eigenvalue weighted by Crippen LogP contribution is -2.57. The minimum atomic E-state index is -0.644. The Morgan fingerprint density at radius 1 is 1.06 bits per heavy atom. The lowest BCUT2D eigenvalue weighted by Gasteiger charge is -2.54. The van der Waals surface area contributed by atoms with Crippen LogP contribution in [-0.4, -0.2) is 29.2 Å². The second kappa shape index (κ2) is 9.05. The van der Waals surface area contributed by atoms with Crippen molar-refractivity contribution in [3.8, 4) is 11.8 Å². The number of rotatable bonds is 3. The van der Waals surface area contributed by atoms with Crippen molar-refractivity contribution in [2.24, 2.45) is 5.92 Å². The van der Waals surface area contributed by atoms with Crippen molar-refractivity contribution in [2.75, 3.05) is 6.61 Å². The van der Waals surface area contributed by atoms with E-state index in [1.165, 1.54) is 11.1 Å². The first-order valence-electron chi connectivity index (χ1n) is 12.9. The van der Waals surface area contributed by atoms with Crippen LogP contribution in [0.25, 0.3) is 6.08 Å². The summed E-state index contributed by atoms with van der Waals surface area (Å²) in [6.07, 6.45) is 11.3. The lowest BCUT2D eigenvalue weighted by molar-refractivity contribution is -0.157. The number of hydrogen-bond acceptors (Lipinski definition) is 3. The highest BCUT2D eigenvalue weighted by Crippen LogP contribution is 2.64. The topological polar surface area (TPSA) is 38.7 Å². The highest BCUT2D eigenvalue weighted by Gasteiger charge is 2.67. The zero-order valence-corrected chi connectivity index (χ0v) is 20.9. The molecule has 1 unspecified atom stereocenters. The van der Waals surface area contributed by atoms with Crippen LogP contribution in [-0.2, 0) is 9.47 Å². The van der Waals surface area contributed by atoms with Gasteiger partial charge >= 0.3 is 0 Å². The number of allylic oxidation sites excluding steroid dienone is 4. The van der Waals surface area contributed by atoms with Crippen LogP contribution in [0.5, 0.6) is 0 Å². The van der Waals surface area contributed by atoms with Gasteiger partial charge in [-0.15, -0.1) is 0 Å². The summed E-state index contributed by atoms with van der Waals surface area (Å²) < 4.78 is 13.1. The van der Waals surface area contributed by atoms with E-state index in [9.17, 15) is 5.11 Å². The molecule has 1 N–H and O–H groups in total. The predicted molar refractivity (Wildman–Crippen MR) is 143 cm³/mol. The molecule has 1 saturated carbocycles. The Morgan fingerprint density at radius 2 is 1.81 bits per heavy atom. The first kappa shape index (κ1) is 23.3. The van der Waals surface area contributed by atoms with Gasteiger partial charge in [-0.05, 0) is 85.1 Å². The third-order valence-corrected chi connectivity index (χ3v) is 7.89. The predicted octanol–water partition coefficient (Wildman–Crippen LogP) is 6.35. The van der Waals surface area contributed by atoms with Crippen LogP contribution < -0.4 is 0 Å². The van der Waals surface area contributed by atoms with E-state index in [0.717, 1.165) is 41.5 Å². The zero-order chi connectivity index (χ0) is 24.8. The summed E-state index contributed by atoms with van der Waals surface area (Å²) in [5.41, 5.74) is 6.34. The number of ether oxygens (including phenoxy) is 2. The van der Waals surface area contributed by atoms with Crippen LogP contribution in [0.1, 0.15) is 50.2 Å². The molecular formula is C33H32O3. The van der Waals surface area contributed by atoms with E-state index in [-0.39, 0.29) is 30.1 Å². The van der Waals surface area contributed by atoms with Crippen LogP contribution in [0, 0.1) is 17.8 Å². The smallest absolute Gasteiger partial charge is 0.165 e. The molecule has 0 bridgehead atoms. The van der Waals surface area contributed by atoms with Crippen molar-refractivity contribution >= 4 is 6.08 Å². The average Bonchev–Trinajstić information content (AvgIpc) is 3.08. The molecule has 1 aliphatic heterocycles. The summed E-state index contributed by atoms with van der Waals surface area (Å²) in [4.78, 5) is 0. The van der Waals surface area contributed by atoms with Crippen LogP contribution in [0.4, 0.5) is 0 Å². The van der Waals surface area contributed by atoms with E-state index in [4.69, 9.17) is 9.47 Å². The molecule has 2 aromatic carbocycles. The molecule has 2 aromatic rings. The fourth-order valence-corrected chi connectivity index (χ4v) is 6.60. The van der Waals surface area contributed by atoms with Gasteiger partial charge in [-0.2, -0.15) is 0 Å². The molecule has 36 heavy (non-hydrogen) atoms. The van der Waals surface area contributed by atoms with E-state index in [1.54, 1.807) is 0 Å². The van der Waals surface area contributed by atoms with Crippen molar-refractivity contribution in [3.63, 3.8) is 0 Å². The molecule has 0 aromatic heterocycles. The van der Waals surface area contributed by atoms with Gasteiger partial charge in [-0.25, -0.2) is 0 Å². The average molecular weight is 477 g/mol.